The van der Waals surface area contributed by atoms with E-state index in [-0.39, 0.29) is 11.6 Å². The number of carbonyl (C=O) groups is 1. The molecule has 0 saturated carbocycles. The van der Waals surface area contributed by atoms with E-state index in [1.807, 2.05) is 39.0 Å². The number of carboxylic acids is 1. The van der Waals surface area contributed by atoms with Gasteiger partial charge in [0.25, 0.3) is 0 Å². The Hall–Kier alpha value is -1.95. The molecule has 1 aromatic heterocycles. The lowest BCUT2D eigenvalue weighted by atomic mass is 10.2. The highest BCUT2D eigenvalue weighted by atomic mass is 79.9. The van der Waals surface area contributed by atoms with Crippen molar-refractivity contribution in [2.45, 2.75) is 26.7 Å². The summed E-state index contributed by atoms with van der Waals surface area (Å²) in [5, 5.41) is 12.4. The van der Waals surface area contributed by atoms with Gasteiger partial charge in [-0.25, -0.2) is 14.8 Å². The van der Waals surface area contributed by atoms with Crippen molar-refractivity contribution in [2.75, 3.05) is 5.32 Å². The summed E-state index contributed by atoms with van der Waals surface area (Å²) < 4.78 is 0.853. The molecule has 0 aliphatic carbocycles. The molecule has 0 aliphatic rings. The molecule has 0 amide bonds. The molecule has 0 spiro atoms. The molecule has 1 heterocycles. The molecule has 0 fully saturated rings. The number of nitrogens with one attached hydrogen (secondary N) is 1. The highest BCUT2D eigenvalue weighted by Crippen LogP contribution is 2.28. The normalized spacial score (nSPS) is 10.7. The maximum Gasteiger partial charge on any atom is 0.356 e. The Morgan fingerprint density at radius 2 is 2.05 bits per heavy atom. The van der Waals surface area contributed by atoms with Crippen LogP contribution < -0.4 is 5.32 Å². The van der Waals surface area contributed by atoms with Crippen molar-refractivity contribution in [1.82, 2.24) is 9.97 Å². The molecule has 5 nitrogen and oxygen atoms in total. The average Bonchev–Trinajstić information content (AvgIpc) is 2.41. The van der Waals surface area contributed by atoms with Crippen LogP contribution in [0.15, 0.2) is 28.9 Å². The summed E-state index contributed by atoms with van der Waals surface area (Å²) in [6, 6.07) is 5.77. The van der Waals surface area contributed by atoms with Gasteiger partial charge in [-0.1, -0.05) is 19.9 Å². The number of aromatic nitrogens is 2. The fraction of sp³-hybridized carbons (Fsp3) is 0.267. The van der Waals surface area contributed by atoms with E-state index in [4.69, 9.17) is 0 Å². The number of nitrogens with zero attached hydrogens (tertiary/aromatic N) is 2. The van der Waals surface area contributed by atoms with Gasteiger partial charge in [0.15, 0.2) is 5.69 Å². The topological polar surface area (TPSA) is 75.1 Å². The van der Waals surface area contributed by atoms with Crippen LogP contribution in [0.1, 0.15) is 41.6 Å². The SMILES string of the molecule is Cc1ccc(Nc2cnc(C(C)C)nc2C(=O)O)c(Br)c1. The van der Waals surface area contributed by atoms with Gasteiger partial charge in [0.2, 0.25) is 0 Å². The van der Waals surface area contributed by atoms with Gasteiger partial charge in [0.05, 0.1) is 17.6 Å². The van der Waals surface area contributed by atoms with Gasteiger partial charge >= 0.3 is 5.97 Å². The van der Waals surface area contributed by atoms with E-state index in [0.717, 1.165) is 15.7 Å². The van der Waals surface area contributed by atoms with Gasteiger partial charge < -0.3 is 10.4 Å². The van der Waals surface area contributed by atoms with Crippen molar-refractivity contribution in [2.24, 2.45) is 0 Å². The number of rotatable bonds is 4. The number of anilines is 2. The number of benzene rings is 1. The molecule has 2 N–H and O–H groups in total. The first kappa shape index (κ1) is 15.4. The molecule has 0 aliphatic heterocycles. The Kier molecular flexibility index (Phi) is 4.57. The fourth-order valence-corrected chi connectivity index (χ4v) is 2.39. The van der Waals surface area contributed by atoms with Crippen LogP contribution in [0.3, 0.4) is 0 Å². The third kappa shape index (κ3) is 3.58. The van der Waals surface area contributed by atoms with E-state index < -0.39 is 5.97 Å². The lowest BCUT2D eigenvalue weighted by molar-refractivity contribution is 0.0691. The Balaban J connectivity index is 2.41. The molecule has 0 radical (unpaired) electrons. The first-order valence-electron chi connectivity index (χ1n) is 6.52. The predicted molar refractivity (Wildman–Crippen MR) is 85.2 cm³/mol. The van der Waals surface area contributed by atoms with E-state index in [2.05, 4.69) is 31.2 Å². The van der Waals surface area contributed by atoms with Crippen LogP contribution in [0.5, 0.6) is 0 Å². The molecule has 1 aromatic carbocycles. The van der Waals surface area contributed by atoms with Crippen molar-refractivity contribution in [3.63, 3.8) is 0 Å². The lowest BCUT2D eigenvalue weighted by Crippen LogP contribution is -2.10. The lowest BCUT2D eigenvalue weighted by Gasteiger charge is -2.12. The van der Waals surface area contributed by atoms with E-state index in [9.17, 15) is 9.90 Å². The number of carboxylic acid groups (broad SMARTS) is 1. The zero-order valence-electron chi connectivity index (χ0n) is 12.0. The second kappa shape index (κ2) is 6.22. The molecule has 0 saturated heterocycles. The molecule has 2 aromatic rings. The maximum absolute atomic E-state index is 11.4. The van der Waals surface area contributed by atoms with Crippen molar-refractivity contribution in [3.05, 3.63) is 46.0 Å². The summed E-state index contributed by atoms with van der Waals surface area (Å²) in [5.74, 6) is -0.491. The first-order chi connectivity index (χ1) is 9.88. The van der Waals surface area contributed by atoms with Crippen LogP contribution in [0.2, 0.25) is 0 Å². The summed E-state index contributed by atoms with van der Waals surface area (Å²) in [7, 11) is 0. The first-order valence-corrected chi connectivity index (χ1v) is 7.31. The highest BCUT2D eigenvalue weighted by Gasteiger charge is 2.16. The van der Waals surface area contributed by atoms with Crippen LogP contribution in [-0.2, 0) is 0 Å². The van der Waals surface area contributed by atoms with Crippen molar-refractivity contribution >= 4 is 33.3 Å². The van der Waals surface area contributed by atoms with E-state index in [1.54, 1.807) is 0 Å². The predicted octanol–water partition coefficient (Wildman–Crippen LogP) is 4.11. The Bertz CT molecular complexity index is 687. The van der Waals surface area contributed by atoms with Gasteiger partial charge in [-0.05, 0) is 40.5 Å². The number of aryl methyl sites for hydroxylation is 1. The average molecular weight is 350 g/mol. The van der Waals surface area contributed by atoms with Gasteiger partial charge in [0.1, 0.15) is 5.82 Å². The minimum atomic E-state index is -1.08. The molecule has 0 bridgehead atoms. The summed E-state index contributed by atoms with van der Waals surface area (Å²) in [6.45, 7) is 5.83. The smallest absolute Gasteiger partial charge is 0.356 e. The second-order valence-corrected chi connectivity index (χ2v) is 5.91. The third-order valence-electron chi connectivity index (χ3n) is 2.92. The second-order valence-electron chi connectivity index (χ2n) is 5.06. The Labute approximate surface area is 131 Å². The van der Waals surface area contributed by atoms with Gasteiger partial charge in [-0.15, -0.1) is 0 Å². The molecule has 110 valence electrons. The largest absolute Gasteiger partial charge is 0.476 e. The summed E-state index contributed by atoms with van der Waals surface area (Å²) in [4.78, 5) is 19.7. The van der Waals surface area contributed by atoms with Crippen LogP contribution in [0.4, 0.5) is 11.4 Å². The highest BCUT2D eigenvalue weighted by molar-refractivity contribution is 9.10. The van der Waals surface area contributed by atoms with Crippen LogP contribution in [-0.4, -0.2) is 21.0 Å². The molecule has 0 atom stereocenters. The summed E-state index contributed by atoms with van der Waals surface area (Å²) in [6.07, 6.45) is 1.51. The molecule has 0 unspecified atom stereocenters. The van der Waals surface area contributed by atoms with Gasteiger partial charge in [-0.3, -0.25) is 0 Å². The fourth-order valence-electron chi connectivity index (χ4n) is 1.79. The zero-order chi connectivity index (χ0) is 15.6. The van der Waals surface area contributed by atoms with Gasteiger partial charge in [-0.2, -0.15) is 0 Å². The molecular formula is C15H16BrN3O2. The summed E-state index contributed by atoms with van der Waals surface area (Å²) in [5.41, 5.74) is 2.22. The van der Waals surface area contributed by atoms with Gasteiger partial charge in [0, 0.05) is 10.4 Å². The Morgan fingerprint density at radius 1 is 1.33 bits per heavy atom. The molecule has 6 heteroatoms. The van der Waals surface area contributed by atoms with E-state index in [1.165, 1.54) is 6.20 Å². The minimum absolute atomic E-state index is 0.0267. The van der Waals surface area contributed by atoms with Crippen LogP contribution in [0, 0.1) is 6.92 Å². The van der Waals surface area contributed by atoms with E-state index >= 15 is 0 Å². The minimum Gasteiger partial charge on any atom is -0.476 e. The number of hydrogen-bond donors (Lipinski definition) is 2. The quantitative estimate of drug-likeness (QED) is 0.868. The maximum atomic E-state index is 11.4. The van der Waals surface area contributed by atoms with E-state index in [0.29, 0.717) is 11.5 Å². The molecule has 2 rings (SSSR count). The number of hydrogen-bond acceptors (Lipinski definition) is 4. The Morgan fingerprint density at radius 3 is 2.62 bits per heavy atom. The van der Waals surface area contributed by atoms with Crippen LogP contribution in [0.25, 0.3) is 0 Å². The molecular weight excluding hydrogens is 334 g/mol. The van der Waals surface area contributed by atoms with Crippen molar-refractivity contribution in [1.29, 1.82) is 0 Å². The van der Waals surface area contributed by atoms with Crippen molar-refractivity contribution < 1.29 is 9.90 Å². The monoisotopic (exact) mass is 349 g/mol. The number of halogens is 1. The third-order valence-corrected chi connectivity index (χ3v) is 3.58. The zero-order valence-corrected chi connectivity index (χ0v) is 13.6. The number of aromatic carboxylic acids is 1. The standard InChI is InChI=1S/C15H16BrN3O2/c1-8(2)14-17-7-12(13(19-14)15(20)21)18-11-5-4-9(3)6-10(11)16/h4-8,18H,1-3H3,(H,20,21). The molecule has 21 heavy (non-hydrogen) atoms. The summed E-state index contributed by atoms with van der Waals surface area (Å²) >= 11 is 3.45. The van der Waals surface area contributed by atoms with Crippen LogP contribution >= 0.6 is 15.9 Å². The van der Waals surface area contributed by atoms with Crippen molar-refractivity contribution in [3.8, 4) is 0 Å².